The molecule has 2 unspecified atom stereocenters. The highest BCUT2D eigenvalue weighted by atomic mass is 16.2. The van der Waals surface area contributed by atoms with E-state index in [0.29, 0.717) is 6.42 Å². The summed E-state index contributed by atoms with van der Waals surface area (Å²) in [6.07, 6.45) is 14.5. The molecule has 2 atom stereocenters. The summed E-state index contributed by atoms with van der Waals surface area (Å²) in [7, 11) is 0. The summed E-state index contributed by atoms with van der Waals surface area (Å²) >= 11 is 0. The topological polar surface area (TPSA) is 32.3 Å². The molecule has 3 rings (SSSR count). The molecule has 1 aliphatic heterocycles. The van der Waals surface area contributed by atoms with E-state index in [1.807, 2.05) is 11.0 Å². The first-order valence-electron chi connectivity index (χ1n) is 8.88. The molecule has 2 aliphatic rings. The van der Waals surface area contributed by atoms with E-state index >= 15 is 0 Å². The molecule has 1 aromatic carbocycles. The zero-order chi connectivity index (χ0) is 16.6. The molecule has 0 radical (unpaired) electrons. The number of piperazine rings is 1. The van der Waals surface area contributed by atoms with Gasteiger partial charge < -0.3 is 10.2 Å². The van der Waals surface area contributed by atoms with Gasteiger partial charge >= 0.3 is 0 Å². The zero-order valence-corrected chi connectivity index (χ0v) is 14.1. The Morgan fingerprint density at radius 2 is 1.88 bits per heavy atom. The third-order valence-corrected chi connectivity index (χ3v) is 4.77. The Labute approximate surface area is 144 Å². The highest BCUT2D eigenvalue weighted by molar-refractivity contribution is 5.77. The molecule has 1 saturated heterocycles. The molecule has 0 bridgehead atoms. The fraction of sp³-hybridized carbons (Fsp3) is 0.381. The molecular weight excluding hydrogens is 296 g/mol. The van der Waals surface area contributed by atoms with Crippen molar-refractivity contribution in [2.45, 2.75) is 18.8 Å². The number of carbonyl (C=O) groups excluding carboxylic acids is 1. The molecule has 24 heavy (non-hydrogen) atoms. The molecule has 0 aromatic heterocycles. The second-order valence-electron chi connectivity index (χ2n) is 6.41. The van der Waals surface area contributed by atoms with Crippen LogP contribution in [-0.4, -0.2) is 37.0 Å². The van der Waals surface area contributed by atoms with Gasteiger partial charge in [0, 0.05) is 44.4 Å². The zero-order valence-electron chi connectivity index (χ0n) is 14.1. The SMILES string of the molecule is O=C(CC(c1ccccc1)C1C=C/C=C\C/C=C\1)N1CCNCC1. The van der Waals surface area contributed by atoms with E-state index in [1.54, 1.807) is 0 Å². The van der Waals surface area contributed by atoms with Gasteiger partial charge in [0.15, 0.2) is 0 Å². The van der Waals surface area contributed by atoms with Crippen LogP contribution in [-0.2, 0) is 4.79 Å². The third kappa shape index (κ3) is 4.45. The smallest absolute Gasteiger partial charge is 0.223 e. The number of benzene rings is 1. The van der Waals surface area contributed by atoms with E-state index in [9.17, 15) is 4.79 Å². The van der Waals surface area contributed by atoms with Gasteiger partial charge in [-0.1, -0.05) is 66.8 Å². The summed E-state index contributed by atoms with van der Waals surface area (Å²) in [5.74, 6) is 0.710. The Bertz CT molecular complexity index is 612. The molecule has 3 heteroatoms. The van der Waals surface area contributed by atoms with Crippen LogP contribution in [0.4, 0.5) is 0 Å². The summed E-state index contributed by atoms with van der Waals surface area (Å²) in [4.78, 5) is 14.8. The van der Waals surface area contributed by atoms with Gasteiger partial charge in [0.1, 0.15) is 0 Å². The van der Waals surface area contributed by atoms with Crippen LogP contribution in [0, 0.1) is 5.92 Å². The van der Waals surface area contributed by atoms with Crippen molar-refractivity contribution < 1.29 is 4.79 Å². The standard InChI is InChI=1S/C21H26N2O/c24-21(23-15-13-22-14-16-23)17-20(19-11-7-4-8-12-19)18-9-5-2-1-3-6-10-18/h1-2,4-12,18,20,22H,3,13-17H2/b2-1-,9-5?,10-6-. The lowest BCUT2D eigenvalue weighted by molar-refractivity contribution is -0.132. The highest BCUT2D eigenvalue weighted by Crippen LogP contribution is 2.31. The molecule has 1 heterocycles. The first-order chi connectivity index (χ1) is 11.8. The van der Waals surface area contributed by atoms with Crippen LogP contribution in [0.15, 0.2) is 66.8 Å². The molecular formula is C21H26N2O. The summed E-state index contributed by atoms with van der Waals surface area (Å²) in [6.45, 7) is 3.43. The Hall–Kier alpha value is -2.13. The minimum absolute atomic E-state index is 0.188. The lowest BCUT2D eigenvalue weighted by Gasteiger charge is -2.30. The molecule has 0 saturated carbocycles. The van der Waals surface area contributed by atoms with Gasteiger partial charge in [0.2, 0.25) is 5.91 Å². The number of carbonyl (C=O) groups is 1. The average molecular weight is 322 g/mol. The minimum Gasteiger partial charge on any atom is -0.340 e. The van der Waals surface area contributed by atoms with Gasteiger partial charge in [-0.15, -0.1) is 0 Å². The normalized spacial score (nSPS) is 24.7. The molecule has 3 nitrogen and oxygen atoms in total. The molecule has 1 aliphatic carbocycles. The number of hydrogen-bond donors (Lipinski definition) is 1. The molecule has 1 N–H and O–H groups in total. The number of amides is 1. The maximum absolute atomic E-state index is 12.8. The largest absolute Gasteiger partial charge is 0.340 e. The van der Waals surface area contributed by atoms with Crippen LogP contribution in [0.25, 0.3) is 0 Å². The number of allylic oxidation sites excluding steroid dienone is 6. The number of nitrogens with zero attached hydrogens (tertiary/aromatic N) is 1. The number of nitrogens with one attached hydrogen (secondary N) is 1. The Morgan fingerprint density at radius 1 is 1.08 bits per heavy atom. The first-order valence-corrected chi connectivity index (χ1v) is 8.88. The number of hydrogen-bond acceptors (Lipinski definition) is 2. The fourth-order valence-electron chi connectivity index (χ4n) is 3.40. The van der Waals surface area contributed by atoms with Gasteiger partial charge in [0.05, 0.1) is 0 Å². The molecule has 1 fully saturated rings. The Kier molecular flexibility index (Phi) is 6.02. The minimum atomic E-state index is 0.188. The van der Waals surface area contributed by atoms with E-state index in [2.05, 4.69) is 66.0 Å². The van der Waals surface area contributed by atoms with Crippen LogP contribution >= 0.6 is 0 Å². The van der Waals surface area contributed by atoms with E-state index in [0.717, 1.165) is 32.6 Å². The van der Waals surface area contributed by atoms with Crippen molar-refractivity contribution in [2.75, 3.05) is 26.2 Å². The first kappa shape index (κ1) is 16.7. The maximum atomic E-state index is 12.8. The van der Waals surface area contributed by atoms with Crippen molar-refractivity contribution >= 4 is 5.91 Å². The van der Waals surface area contributed by atoms with E-state index in [4.69, 9.17) is 0 Å². The summed E-state index contributed by atoms with van der Waals surface area (Å²) in [6, 6.07) is 10.4. The van der Waals surface area contributed by atoms with Gasteiger partial charge in [-0.2, -0.15) is 0 Å². The van der Waals surface area contributed by atoms with Crippen molar-refractivity contribution in [3.05, 3.63) is 72.4 Å². The lowest BCUT2D eigenvalue weighted by atomic mass is 9.82. The number of rotatable bonds is 4. The summed E-state index contributed by atoms with van der Waals surface area (Å²) < 4.78 is 0. The van der Waals surface area contributed by atoms with E-state index in [1.165, 1.54) is 5.56 Å². The van der Waals surface area contributed by atoms with Crippen LogP contribution in [0.2, 0.25) is 0 Å². The quantitative estimate of drug-likeness (QED) is 0.863. The third-order valence-electron chi connectivity index (χ3n) is 4.77. The van der Waals surface area contributed by atoms with E-state index in [-0.39, 0.29) is 17.7 Å². The predicted octanol–water partition coefficient (Wildman–Crippen LogP) is 3.28. The van der Waals surface area contributed by atoms with Gasteiger partial charge in [0.25, 0.3) is 0 Å². The van der Waals surface area contributed by atoms with Gasteiger partial charge in [-0.3, -0.25) is 4.79 Å². The van der Waals surface area contributed by atoms with E-state index < -0.39 is 0 Å². The predicted molar refractivity (Wildman–Crippen MR) is 98.8 cm³/mol. The summed E-state index contributed by atoms with van der Waals surface area (Å²) in [5, 5.41) is 3.31. The van der Waals surface area contributed by atoms with Gasteiger partial charge in [-0.05, 0) is 12.0 Å². The van der Waals surface area contributed by atoms with Crippen LogP contribution < -0.4 is 5.32 Å². The maximum Gasteiger partial charge on any atom is 0.223 e. The second kappa shape index (κ2) is 8.65. The second-order valence-corrected chi connectivity index (χ2v) is 6.41. The Balaban J connectivity index is 1.80. The summed E-state index contributed by atoms with van der Waals surface area (Å²) in [5.41, 5.74) is 1.24. The monoisotopic (exact) mass is 322 g/mol. The molecule has 126 valence electrons. The van der Waals surface area contributed by atoms with Crippen molar-refractivity contribution in [1.29, 1.82) is 0 Å². The van der Waals surface area contributed by atoms with Crippen LogP contribution in [0.1, 0.15) is 24.3 Å². The van der Waals surface area contributed by atoms with Crippen LogP contribution in [0.5, 0.6) is 0 Å². The van der Waals surface area contributed by atoms with Crippen molar-refractivity contribution in [3.8, 4) is 0 Å². The lowest BCUT2D eigenvalue weighted by Crippen LogP contribution is -2.46. The molecule has 1 aromatic rings. The molecule has 0 spiro atoms. The Morgan fingerprint density at radius 3 is 2.67 bits per heavy atom. The highest BCUT2D eigenvalue weighted by Gasteiger charge is 2.25. The van der Waals surface area contributed by atoms with Gasteiger partial charge in [-0.25, -0.2) is 0 Å². The van der Waals surface area contributed by atoms with Crippen molar-refractivity contribution in [1.82, 2.24) is 10.2 Å². The van der Waals surface area contributed by atoms with Crippen molar-refractivity contribution in [2.24, 2.45) is 5.92 Å². The van der Waals surface area contributed by atoms with Crippen molar-refractivity contribution in [3.63, 3.8) is 0 Å². The molecule has 1 amide bonds. The fourth-order valence-corrected chi connectivity index (χ4v) is 3.40. The average Bonchev–Trinajstić information content (AvgIpc) is 2.61. The van der Waals surface area contributed by atoms with Crippen LogP contribution in [0.3, 0.4) is 0 Å².